The maximum Gasteiger partial charge on any atom is 0.233 e. The molecule has 2 aromatic rings. The summed E-state index contributed by atoms with van der Waals surface area (Å²) in [6.45, 7) is 0.0892. The van der Waals surface area contributed by atoms with Crippen molar-refractivity contribution in [3.8, 4) is 11.5 Å². The van der Waals surface area contributed by atoms with E-state index >= 15 is 0 Å². The molecule has 1 saturated carbocycles. The van der Waals surface area contributed by atoms with E-state index in [0.29, 0.717) is 22.2 Å². The fourth-order valence-electron chi connectivity index (χ4n) is 4.18. The van der Waals surface area contributed by atoms with Crippen molar-refractivity contribution in [2.45, 2.75) is 32.1 Å². The molecule has 4 rings (SSSR count). The van der Waals surface area contributed by atoms with Gasteiger partial charge in [-0.05, 0) is 43.2 Å². The van der Waals surface area contributed by atoms with Crippen LogP contribution in [0.5, 0.6) is 11.5 Å². The van der Waals surface area contributed by atoms with Crippen LogP contribution in [0.4, 0.5) is 5.69 Å². The van der Waals surface area contributed by atoms with Crippen molar-refractivity contribution in [3.63, 3.8) is 0 Å². The maximum absolute atomic E-state index is 12.6. The summed E-state index contributed by atoms with van der Waals surface area (Å²) in [5, 5.41) is 3.25. The largest absolute Gasteiger partial charge is 0.455 e. The van der Waals surface area contributed by atoms with Crippen LogP contribution < -0.4 is 10.1 Å². The molecule has 2 fully saturated rings. The van der Waals surface area contributed by atoms with Crippen LogP contribution in [0.3, 0.4) is 0 Å². The second-order valence-electron chi connectivity index (χ2n) is 7.68. The molecule has 6 nitrogen and oxygen atoms in total. The number of hydrogen-bond acceptors (Lipinski definition) is 4. The van der Waals surface area contributed by atoms with E-state index in [-0.39, 0.29) is 42.5 Å². The number of ether oxygens (including phenoxy) is 1. The molecule has 1 N–H and O–H groups in total. The molecule has 2 atom stereocenters. The predicted octanol–water partition coefficient (Wildman–Crippen LogP) is 4.64. The van der Waals surface area contributed by atoms with Crippen LogP contribution >= 0.6 is 11.6 Å². The number of likely N-dealkylation sites (tertiary alicyclic amines) is 1. The summed E-state index contributed by atoms with van der Waals surface area (Å²) in [6, 6.07) is 14.2. The number of halogens is 1. The van der Waals surface area contributed by atoms with E-state index < -0.39 is 0 Å². The number of fused-ring (bicyclic) bond motifs is 1. The van der Waals surface area contributed by atoms with Crippen molar-refractivity contribution < 1.29 is 19.1 Å². The number of nitrogens with one attached hydrogen (secondary N) is 1. The normalized spacial score (nSPS) is 20.8. The molecule has 0 spiro atoms. The third-order valence-corrected chi connectivity index (χ3v) is 5.92. The quantitative estimate of drug-likeness (QED) is 0.683. The van der Waals surface area contributed by atoms with Crippen molar-refractivity contribution in [2.24, 2.45) is 11.8 Å². The molecule has 2 aliphatic rings. The van der Waals surface area contributed by atoms with Gasteiger partial charge in [-0.2, -0.15) is 0 Å². The molecule has 7 heteroatoms. The average molecular weight is 427 g/mol. The first kappa shape index (κ1) is 20.4. The molecule has 1 aliphatic carbocycles. The molecule has 3 amide bonds. The number of amides is 3. The molecule has 156 valence electrons. The number of benzene rings is 2. The minimum Gasteiger partial charge on any atom is -0.455 e. The van der Waals surface area contributed by atoms with Crippen LogP contribution in [-0.2, 0) is 14.4 Å². The molecule has 1 aliphatic heterocycles. The second-order valence-corrected chi connectivity index (χ2v) is 8.12. The number of anilines is 1. The van der Waals surface area contributed by atoms with Gasteiger partial charge < -0.3 is 10.1 Å². The Morgan fingerprint density at radius 2 is 1.70 bits per heavy atom. The van der Waals surface area contributed by atoms with Crippen LogP contribution in [0.1, 0.15) is 32.1 Å². The number of para-hydroxylation sites is 1. The maximum atomic E-state index is 12.6. The van der Waals surface area contributed by atoms with E-state index in [1.807, 2.05) is 30.3 Å². The van der Waals surface area contributed by atoms with Crippen molar-refractivity contribution in [2.75, 3.05) is 11.9 Å². The van der Waals surface area contributed by atoms with Crippen LogP contribution in [0.25, 0.3) is 0 Å². The highest BCUT2D eigenvalue weighted by Crippen LogP contribution is 2.38. The highest BCUT2D eigenvalue weighted by atomic mass is 35.5. The van der Waals surface area contributed by atoms with E-state index in [2.05, 4.69) is 5.32 Å². The van der Waals surface area contributed by atoms with Crippen LogP contribution in [0.15, 0.2) is 48.5 Å². The van der Waals surface area contributed by atoms with Crippen molar-refractivity contribution in [3.05, 3.63) is 53.6 Å². The number of hydrogen-bond donors (Lipinski definition) is 1. The third-order valence-electron chi connectivity index (χ3n) is 5.68. The van der Waals surface area contributed by atoms with Gasteiger partial charge in [-0.1, -0.05) is 42.6 Å². The Morgan fingerprint density at radius 1 is 1.03 bits per heavy atom. The smallest absolute Gasteiger partial charge is 0.233 e. The lowest BCUT2D eigenvalue weighted by Gasteiger charge is -2.19. The summed E-state index contributed by atoms with van der Waals surface area (Å²) in [6.07, 6.45) is 3.51. The van der Waals surface area contributed by atoms with Gasteiger partial charge in [0.05, 0.1) is 17.5 Å². The topological polar surface area (TPSA) is 75.7 Å². The van der Waals surface area contributed by atoms with Crippen molar-refractivity contribution in [1.82, 2.24) is 4.90 Å². The van der Waals surface area contributed by atoms with Crippen LogP contribution in [-0.4, -0.2) is 29.2 Å². The summed E-state index contributed by atoms with van der Waals surface area (Å²) in [4.78, 5) is 38.9. The van der Waals surface area contributed by atoms with E-state index in [1.165, 1.54) is 4.90 Å². The Kier molecular flexibility index (Phi) is 6.04. The second kappa shape index (κ2) is 8.88. The van der Waals surface area contributed by atoms with Gasteiger partial charge in [0.15, 0.2) is 5.75 Å². The molecule has 0 aromatic heterocycles. The summed E-state index contributed by atoms with van der Waals surface area (Å²) in [7, 11) is 0. The molecule has 1 heterocycles. The number of rotatable bonds is 6. The van der Waals surface area contributed by atoms with Gasteiger partial charge in [-0.15, -0.1) is 0 Å². The molecule has 0 bridgehead atoms. The van der Waals surface area contributed by atoms with Gasteiger partial charge in [0.1, 0.15) is 5.75 Å². The first-order valence-corrected chi connectivity index (χ1v) is 10.6. The Balaban J connectivity index is 1.40. The fourth-order valence-corrected chi connectivity index (χ4v) is 4.35. The van der Waals surface area contributed by atoms with Gasteiger partial charge in [-0.3, -0.25) is 19.3 Å². The van der Waals surface area contributed by atoms with Gasteiger partial charge in [0, 0.05) is 18.0 Å². The lowest BCUT2D eigenvalue weighted by atomic mass is 9.81. The molecule has 0 unspecified atom stereocenters. The minimum atomic E-state index is -0.314. The van der Waals surface area contributed by atoms with Gasteiger partial charge >= 0.3 is 0 Å². The highest BCUT2D eigenvalue weighted by molar-refractivity contribution is 6.31. The molecular weight excluding hydrogens is 404 g/mol. The lowest BCUT2D eigenvalue weighted by molar-refractivity contribution is -0.140. The summed E-state index contributed by atoms with van der Waals surface area (Å²) in [5.41, 5.74) is 0.434. The van der Waals surface area contributed by atoms with Crippen LogP contribution in [0.2, 0.25) is 5.02 Å². The first-order valence-electron chi connectivity index (χ1n) is 10.2. The first-order chi connectivity index (χ1) is 14.5. The van der Waals surface area contributed by atoms with Crippen LogP contribution in [0, 0.1) is 11.8 Å². The zero-order valence-corrected chi connectivity index (χ0v) is 17.2. The molecular formula is C23H23ClN2O4. The minimum absolute atomic E-state index is 0.0220. The molecule has 30 heavy (non-hydrogen) atoms. The van der Waals surface area contributed by atoms with Gasteiger partial charge in [0.25, 0.3) is 0 Å². The predicted molar refractivity (Wildman–Crippen MR) is 113 cm³/mol. The number of carbonyl (C=O) groups excluding carboxylic acids is 3. The van der Waals surface area contributed by atoms with E-state index in [9.17, 15) is 14.4 Å². The fraction of sp³-hybridized carbons (Fsp3) is 0.348. The monoisotopic (exact) mass is 426 g/mol. The third kappa shape index (κ3) is 4.33. The molecule has 0 radical (unpaired) electrons. The lowest BCUT2D eigenvalue weighted by Crippen LogP contribution is -2.34. The Hall–Kier alpha value is -2.86. The standard InChI is InChI=1S/C23H23ClN2O4/c24-15-10-11-20(30-16-6-2-1-3-7-16)19(14-15)25-21(27)12-13-26-22(28)17-8-4-5-9-18(17)23(26)29/h1-3,6-7,10-11,14,17-18H,4-5,8-9,12-13H2,(H,25,27)/t17-,18-/m1/s1. The zero-order valence-electron chi connectivity index (χ0n) is 16.5. The van der Waals surface area contributed by atoms with E-state index in [0.717, 1.165) is 25.7 Å². The molecule has 2 aromatic carbocycles. The zero-order chi connectivity index (χ0) is 21.1. The summed E-state index contributed by atoms with van der Waals surface area (Å²) < 4.78 is 5.85. The number of nitrogens with zero attached hydrogens (tertiary/aromatic N) is 1. The number of carbonyl (C=O) groups is 3. The average Bonchev–Trinajstić information content (AvgIpc) is 2.99. The van der Waals surface area contributed by atoms with E-state index in [4.69, 9.17) is 16.3 Å². The van der Waals surface area contributed by atoms with E-state index in [1.54, 1.807) is 18.2 Å². The highest BCUT2D eigenvalue weighted by Gasteiger charge is 2.47. The Morgan fingerprint density at radius 3 is 2.37 bits per heavy atom. The van der Waals surface area contributed by atoms with Crippen molar-refractivity contribution >= 4 is 35.0 Å². The Bertz CT molecular complexity index is 939. The van der Waals surface area contributed by atoms with Crippen molar-refractivity contribution in [1.29, 1.82) is 0 Å². The van der Waals surface area contributed by atoms with Gasteiger partial charge in [0.2, 0.25) is 17.7 Å². The number of imide groups is 1. The SMILES string of the molecule is O=C(CCN1C(=O)[C@@H]2CCCC[C@H]2C1=O)Nc1cc(Cl)ccc1Oc1ccccc1. The Labute approximate surface area is 180 Å². The summed E-state index contributed by atoms with van der Waals surface area (Å²) >= 11 is 6.09. The summed E-state index contributed by atoms with van der Waals surface area (Å²) in [5.74, 6) is 0.109. The molecule has 1 saturated heterocycles. The van der Waals surface area contributed by atoms with Gasteiger partial charge in [-0.25, -0.2) is 0 Å².